The molecule has 2 aromatic carbocycles. The highest BCUT2D eigenvalue weighted by atomic mass is 79.9. The first-order valence-corrected chi connectivity index (χ1v) is 9.64. The number of esters is 1. The van der Waals surface area contributed by atoms with E-state index in [2.05, 4.69) is 4.98 Å². The van der Waals surface area contributed by atoms with E-state index in [0.29, 0.717) is 16.1 Å². The molecular weight excluding hydrogens is 456 g/mol. The summed E-state index contributed by atoms with van der Waals surface area (Å²) in [4.78, 5) is 42.8. The lowest BCUT2D eigenvalue weighted by Crippen LogP contribution is -2.29. The quantitative estimate of drug-likeness (QED) is 0.407. The van der Waals surface area contributed by atoms with Crippen molar-refractivity contribution in [2.24, 2.45) is 0 Å². The lowest BCUT2D eigenvalue weighted by Gasteiger charge is -2.16. The van der Waals surface area contributed by atoms with E-state index < -0.39 is 5.97 Å². The van der Waals surface area contributed by atoms with Crippen LogP contribution in [0.5, 0.6) is 0 Å². The topological polar surface area (TPSA) is 76.6 Å². The molecule has 0 spiro atoms. The van der Waals surface area contributed by atoms with Crippen molar-refractivity contribution in [1.82, 2.24) is 9.88 Å². The minimum absolute atomic E-state index is 0. The third-order valence-electron chi connectivity index (χ3n) is 4.44. The summed E-state index contributed by atoms with van der Waals surface area (Å²) in [5, 5.41) is 2.28. The lowest BCUT2D eigenvalue weighted by atomic mass is 10.1. The maximum Gasteiger partial charge on any atom is 0.357 e. The maximum atomic E-state index is 12.7. The molecule has 0 radical (unpaired) electrons. The number of aromatic nitrogens is 1. The van der Waals surface area contributed by atoms with Gasteiger partial charge in [0, 0.05) is 10.9 Å². The predicted molar refractivity (Wildman–Crippen MR) is 114 cm³/mol. The number of imide groups is 1. The molecule has 29 heavy (non-hydrogen) atoms. The Labute approximate surface area is 181 Å². The molecule has 2 heterocycles. The number of hydrogen-bond acceptors (Lipinski definition) is 6. The second kappa shape index (κ2) is 8.67. The number of rotatable bonds is 5. The van der Waals surface area contributed by atoms with Crippen LogP contribution in [0.25, 0.3) is 10.6 Å². The number of amides is 2. The minimum atomic E-state index is -0.470. The molecule has 0 bridgehead atoms. The first-order valence-electron chi connectivity index (χ1n) is 8.76. The van der Waals surface area contributed by atoms with Crippen LogP contribution < -0.4 is 0 Å². The molecular formula is C21H17BrN2O4S. The van der Waals surface area contributed by atoms with Gasteiger partial charge in [-0.2, -0.15) is 0 Å². The highest BCUT2D eigenvalue weighted by Gasteiger charge is 2.35. The fraction of sp³-hybridized carbons (Fsp3) is 0.143. The largest absolute Gasteiger partial charge is 0.461 e. The molecule has 0 aliphatic carbocycles. The van der Waals surface area contributed by atoms with Crippen molar-refractivity contribution in [2.45, 2.75) is 13.5 Å². The van der Waals surface area contributed by atoms with Crippen molar-refractivity contribution in [2.75, 3.05) is 6.61 Å². The van der Waals surface area contributed by atoms with Gasteiger partial charge in [0.1, 0.15) is 5.01 Å². The van der Waals surface area contributed by atoms with Crippen LogP contribution in [0, 0.1) is 0 Å². The average molecular weight is 473 g/mol. The standard InChI is InChI=1S/C21H16N2O4S.BrH/c1-2-27-21(26)17-12-28-18(22-17)14-8-4-3-7-13(14)11-23-19(24)15-9-5-6-10-16(15)20(23)25;/h3-10,12H,2,11H2,1H3;1H. The van der Waals surface area contributed by atoms with Gasteiger partial charge >= 0.3 is 5.97 Å². The number of ether oxygens (including phenoxy) is 1. The van der Waals surface area contributed by atoms with Crippen molar-refractivity contribution >= 4 is 46.1 Å². The Bertz CT molecular complexity index is 1060. The van der Waals surface area contributed by atoms with Crippen molar-refractivity contribution in [3.63, 3.8) is 0 Å². The van der Waals surface area contributed by atoms with E-state index in [1.165, 1.54) is 16.2 Å². The number of carbonyl (C=O) groups excluding carboxylic acids is 3. The second-order valence-corrected chi connectivity index (χ2v) is 7.02. The first kappa shape index (κ1) is 20.9. The summed E-state index contributed by atoms with van der Waals surface area (Å²) in [7, 11) is 0. The molecule has 0 unspecified atom stereocenters. The second-order valence-electron chi connectivity index (χ2n) is 6.16. The molecule has 1 aliphatic rings. The van der Waals surface area contributed by atoms with Crippen LogP contribution >= 0.6 is 28.3 Å². The molecule has 0 N–H and O–H groups in total. The summed E-state index contributed by atoms with van der Waals surface area (Å²) in [6, 6.07) is 14.2. The minimum Gasteiger partial charge on any atom is -0.461 e. The molecule has 8 heteroatoms. The third-order valence-corrected chi connectivity index (χ3v) is 5.32. The SMILES string of the molecule is Br.CCOC(=O)c1csc(-c2ccccc2CN2C(=O)c3ccccc3C2=O)n1. The van der Waals surface area contributed by atoms with Gasteiger partial charge in [-0.05, 0) is 24.6 Å². The van der Waals surface area contributed by atoms with E-state index in [4.69, 9.17) is 4.74 Å². The highest BCUT2D eigenvalue weighted by molar-refractivity contribution is 8.93. The van der Waals surface area contributed by atoms with Gasteiger partial charge in [-0.25, -0.2) is 9.78 Å². The summed E-state index contributed by atoms with van der Waals surface area (Å²) in [5.74, 6) is -1.08. The summed E-state index contributed by atoms with van der Waals surface area (Å²) >= 11 is 1.32. The van der Waals surface area contributed by atoms with Crippen LogP contribution in [0.1, 0.15) is 43.7 Å². The number of fused-ring (bicyclic) bond motifs is 1. The predicted octanol–water partition coefficient (Wildman–Crippen LogP) is 4.36. The van der Waals surface area contributed by atoms with Gasteiger partial charge < -0.3 is 4.74 Å². The van der Waals surface area contributed by atoms with Crippen molar-refractivity contribution < 1.29 is 19.1 Å². The third kappa shape index (κ3) is 3.86. The van der Waals surface area contributed by atoms with Crippen LogP contribution in [-0.4, -0.2) is 34.3 Å². The Balaban J connectivity index is 0.00000240. The number of carbonyl (C=O) groups is 3. The Morgan fingerprint density at radius 2 is 1.59 bits per heavy atom. The van der Waals surface area contributed by atoms with Crippen LogP contribution in [0.4, 0.5) is 0 Å². The van der Waals surface area contributed by atoms with Gasteiger partial charge in [0.2, 0.25) is 0 Å². The fourth-order valence-electron chi connectivity index (χ4n) is 3.12. The molecule has 0 atom stereocenters. The van der Waals surface area contributed by atoms with Crippen LogP contribution in [-0.2, 0) is 11.3 Å². The molecule has 3 aromatic rings. The van der Waals surface area contributed by atoms with E-state index in [-0.39, 0.29) is 47.6 Å². The van der Waals surface area contributed by atoms with Gasteiger partial charge in [0.05, 0.1) is 24.3 Å². The molecule has 6 nitrogen and oxygen atoms in total. The lowest BCUT2D eigenvalue weighted by molar-refractivity contribution is 0.0519. The molecule has 4 rings (SSSR count). The zero-order valence-corrected chi connectivity index (χ0v) is 18.0. The van der Waals surface area contributed by atoms with Crippen molar-refractivity contribution in [3.05, 3.63) is 76.3 Å². The molecule has 1 aliphatic heterocycles. The smallest absolute Gasteiger partial charge is 0.357 e. The molecule has 2 amide bonds. The molecule has 148 valence electrons. The maximum absolute atomic E-state index is 12.7. The van der Waals surface area contributed by atoms with E-state index in [1.807, 2.05) is 24.3 Å². The van der Waals surface area contributed by atoms with E-state index in [0.717, 1.165) is 11.1 Å². The number of nitrogens with zero attached hydrogens (tertiary/aromatic N) is 2. The summed E-state index contributed by atoms with van der Waals surface area (Å²) in [6.45, 7) is 2.15. The normalized spacial score (nSPS) is 12.5. The van der Waals surface area contributed by atoms with Gasteiger partial charge in [-0.3, -0.25) is 14.5 Å². The van der Waals surface area contributed by atoms with Crippen LogP contribution in [0.3, 0.4) is 0 Å². The summed E-state index contributed by atoms with van der Waals surface area (Å²) in [6.07, 6.45) is 0. The molecule has 0 saturated heterocycles. The number of benzene rings is 2. The number of thiazole rings is 1. The Morgan fingerprint density at radius 3 is 2.21 bits per heavy atom. The number of hydrogen-bond donors (Lipinski definition) is 0. The zero-order chi connectivity index (χ0) is 19.7. The van der Waals surface area contributed by atoms with Crippen LogP contribution in [0.2, 0.25) is 0 Å². The number of halogens is 1. The molecule has 0 fully saturated rings. The molecule has 0 saturated carbocycles. The van der Waals surface area contributed by atoms with Gasteiger partial charge in [-0.1, -0.05) is 36.4 Å². The summed E-state index contributed by atoms with van der Waals surface area (Å²) in [5.41, 5.74) is 2.64. The van der Waals surface area contributed by atoms with E-state index in [1.54, 1.807) is 36.6 Å². The average Bonchev–Trinajstić information content (AvgIpc) is 3.29. The van der Waals surface area contributed by atoms with Crippen molar-refractivity contribution in [1.29, 1.82) is 0 Å². The monoisotopic (exact) mass is 472 g/mol. The van der Waals surface area contributed by atoms with E-state index >= 15 is 0 Å². The Hall–Kier alpha value is -2.84. The van der Waals surface area contributed by atoms with Gasteiger partial charge in [0.15, 0.2) is 5.69 Å². The van der Waals surface area contributed by atoms with Crippen LogP contribution in [0.15, 0.2) is 53.9 Å². The highest BCUT2D eigenvalue weighted by Crippen LogP contribution is 2.30. The molecule has 1 aromatic heterocycles. The Morgan fingerprint density at radius 1 is 1.00 bits per heavy atom. The summed E-state index contributed by atoms with van der Waals surface area (Å²) < 4.78 is 4.99. The zero-order valence-electron chi connectivity index (χ0n) is 15.5. The first-order chi connectivity index (χ1) is 13.6. The van der Waals surface area contributed by atoms with Gasteiger partial charge in [0.25, 0.3) is 11.8 Å². The van der Waals surface area contributed by atoms with Crippen molar-refractivity contribution in [3.8, 4) is 10.6 Å². The fourth-order valence-corrected chi connectivity index (χ4v) is 3.97. The Kier molecular flexibility index (Phi) is 6.24. The van der Waals surface area contributed by atoms with E-state index in [9.17, 15) is 14.4 Å². The van der Waals surface area contributed by atoms with Gasteiger partial charge in [-0.15, -0.1) is 28.3 Å².